The second kappa shape index (κ2) is 6.96. The summed E-state index contributed by atoms with van der Waals surface area (Å²) in [5.41, 5.74) is 3.40. The Bertz CT molecular complexity index is 1170. The van der Waals surface area contributed by atoms with Crippen molar-refractivity contribution in [3.63, 3.8) is 0 Å². The molecule has 0 saturated heterocycles. The van der Waals surface area contributed by atoms with Crippen LogP contribution >= 0.6 is 15.9 Å². The number of benzene rings is 1. The van der Waals surface area contributed by atoms with Crippen molar-refractivity contribution >= 4 is 43.9 Å². The predicted molar refractivity (Wildman–Crippen MR) is 106 cm³/mol. The van der Waals surface area contributed by atoms with Gasteiger partial charge in [-0.05, 0) is 47.1 Å². The summed E-state index contributed by atoms with van der Waals surface area (Å²) >= 11 is 3.38. The first-order valence-electron chi connectivity index (χ1n) is 8.27. The Balaban J connectivity index is 1.55. The molecule has 8 heteroatoms. The topological polar surface area (TPSA) is 92.8 Å². The lowest BCUT2D eigenvalue weighted by Crippen LogP contribution is -2.24. The molecule has 0 bridgehead atoms. The van der Waals surface area contributed by atoms with Gasteiger partial charge in [-0.1, -0.05) is 0 Å². The Morgan fingerprint density at radius 1 is 1.26 bits per heavy atom. The van der Waals surface area contributed by atoms with E-state index in [0.29, 0.717) is 22.7 Å². The molecule has 0 aliphatic carbocycles. The number of rotatable bonds is 4. The number of ether oxygens (including phenoxy) is 1. The first kappa shape index (κ1) is 17.4. The Hall–Kier alpha value is -3.00. The predicted octanol–water partition coefficient (Wildman–Crippen LogP) is 3.52. The second-order valence-corrected chi connectivity index (χ2v) is 6.99. The molecule has 4 aromatic rings. The molecule has 0 fully saturated rings. The fraction of sp³-hybridized carbons (Fsp3) is 0.158. The summed E-state index contributed by atoms with van der Waals surface area (Å²) in [4.78, 5) is 28.9. The number of hydrogen-bond donors (Lipinski definition) is 2. The van der Waals surface area contributed by atoms with Crippen LogP contribution in [-0.4, -0.2) is 33.0 Å². The number of carbonyl (C=O) groups excluding carboxylic acids is 1. The number of hydrogen-bond acceptors (Lipinski definition) is 5. The van der Waals surface area contributed by atoms with Crippen LogP contribution in [-0.2, 0) is 6.54 Å². The number of fused-ring (bicyclic) bond motifs is 2. The molecule has 0 unspecified atom stereocenters. The fourth-order valence-electron chi connectivity index (χ4n) is 2.87. The van der Waals surface area contributed by atoms with Gasteiger partial charge < -0.3 is 15.0 Å². The number of nitrogens with one attached hydrogen (secondary N) is 2. The van der Waals surface area contributed by atoms with Gasteiger partial charge in [-0.25, -0.2) is 9.97 Å². The lowest BCUT2D eigenvalue weighted by molar-refractivity contribution is 0.0949. The number of amides is 1. The van der Waals surface area contributed by atoms with Crippen LogP contribution in [0.5, 0.6) is 5.75 Å². The van der Waals surface area contributed by atoms with E-state index in [1.165, 1.54) is 0 Å². The quantitative estimate of drug-likeness (QED) is 0.521. The molecule has 0 radical (unpaired) electrons. The van der Waals surface area contributed by atoms with Gasteiger partial charge in [-0.3, -0.25) is 9.78 Å². The maximum absolute atomic E-state index is 12.6. The van der Waals surface area contributed by atoms with Crippen molar-refractivity contribution in [2.45, 2.75) is 13.5 Å². The first-order valence-corrected chi connectivity index (χ1v) is 9.06. The largest absolute Gasteiger partial charge is 0.497 e. The molecule has 1 amide bonds. The summed E-state index contributed by atoms with van der Waals surface area (Å²) < 4.78 is 6.09. The summed E-state index contributed by atoms with van der Waals surface area (Å²) in [6.07, 6.45) is 1.69. The third-order valence-corrected chi connectivity index (χ3v) is 4.66. The Morgan fingerprint density at radius 2 is 2.11 bits per heavy atom. The lowest BCUT2D eigenvalue weighted by atomic mass is 10.1. The Labute approximate surface area is 163 Å². The average Bonchev–Trinajstić information content (AvgIpc) is 3.07. The molecule has 1 aromatic carbocycles. The van der Waals surface area contributed by atoms with Gasteiger partial charge in [0.25, 0.3) is 5.91 Å². The summed E-state index contributed by atoms with van der Waals surface area (Å²) in [5.74, 6) is 1.17. The van der Waals surface area contributed by atoms with E-state index in [4.69, 9.17) is 4.74 Å². The van der Waals surface area contributed by atoms with Crippen molar-refractivity contribution in [2.75, 3.05) is 7.11 Å². The van der Waals surface area contributed by atoms with Crippen LogP contribution in [0.3, 0.4) is 0 Å². The number of aromatic amines is 1. The number of imidazole rings is 1. The number of aromatic nitrogens is 4. The van der Waals surface area contributed by atoms with E-state index in [1.54, 1.807) is 13.3 Å². The maximum atomic E-state index is 12.6. The number of nitrogens with zero attached hydrogens (tertiary/aromatic N) is 3. The molecule has 0 atom stereocenters. The van der Waals surface area contributed by atoms with Crippen LogP contribution in [0.2, 0.25) is 0 Å². The molecule has 27 heavy (non-hydrogen) atoms. The SMILES string of the molecule is COc1ccc2cc(C(=O)NCc3nc4ncc(Br)cc4[nH]3)c(C)nc2c1. The van der Waals surface area contributed by atoms with Crippen molar-refractivity contribution < 1.29 is 9.53 Å². The smallest absolute Gasteiger partial charge is 0.253 e. The number of aryl methyl sites for hydroxylation is 1. The number of carbonyl (C=O) groups is 1. The third-order valence-electron chi connectivity index (χ3n) is 4.23. The molecule has 3 heterocycles. The molecule has 0 aliphatic rings. The molecular weight excluding hydrogens is 410 g/mol. The van der Waals surface area contributed by atoms with Gasteiger partial charge in [0.05, 0.1) is 35.9 Å². The maximum Gasteiger partial charge on any atom is 0.253 e. The van der Waals surface area contributed by atoms with Crippen molar-refractivity contribution in [3.8, 4) is 5.75 Å². The van der Waals surface area contributed by atoms with Gasteiger partial charge in [-0.15, -0.1) is 0 Å². The minimum atomic E-state index is -0.202. The van der Waals surface area contributed by atoms with E-state index in [1.807, 2.05) is 37.3 Å². The van der Waals surface area contributed by atoms with Gasteiger partial charge in [0.1, 0.15) is 11.6 Å². The zero-order chi connectivity index (χ0) is 19.0. The van der Waals surface area contributed by atoms with Crippen molar-refractivity contribution in [1.29, 1.82) is 0 Å². The molecule has 2 N–H and O–H groups in total. The van der Waals surface area contributed by atoms with Crippen molar-refractivity contribution in [2.24, 2.45) is 0 Å². The highest BCUT2D eigenvalue weighted by atomic mass is 79.9. The van der Waals surface area contributed by atoms with Gasteiger partial charge in [0.2, 0.25) is 0 Å². The fourth-order valence-corrected chi connectivity index (χ4v) is 3.20. The number of halogens is 1. The molecule has 3 aromatic heterocycles. The van der Waals surface area contributed by atoms with E-state index in [0.717, 1.165) is 26.6 Å². The number of pyridine rings is 2. The summed E-state index contributed by atoms with van der Waals surface area (Å²) in [6.45, 7) is 2.09. The standard InChI is InChI=1S/C19H16BrN5O2/c1-10-14(5-11-3-4-13(27-2)7-15(11)23-10)19(26)22-9-17-24-16-6-12(20)8-21-18(16)25-17/h3-8H,9H2,1-2H3,(H,22,26)(H,21,24,25). The average molecular weight is 426 g/mol. The van der Waals surface area contributed by atoms with Crippen LogP contribution in [0, 0.1) is 6.92 Å². The van der Waals surface area contributed by atoms with Crippen LogP contribution in [0.15, 0.2) is 41.0 Å². The zero-order valence-electron chi connectivity index (χ0n) is 14.7. The molecule has 4 rings (SSSR count). The van der Waals surface area contributed by atoms with Crippen LogP contribution in [0.1, 0.15) is 21.9 Å². The third kappa shape index (κ3) is 3.48. The molecule has 136 valence electrons. The second-order valence-electron chi connectivity index (χ2n) is 6.07. The van der Waals surface area contributed by atoms with Gasteiger partial charge in [0.15, 0.2) is 5.65 Å². The summed E-state index contributed by atoms with van der Waals surface area (Å²) in [6, 6.07) is 9.32. The highest BCUT2D eigenvalue weighted by molar-refractivity contribution is 9.10. The van der Waals surface area contributed by atoms with Gasteiger partial charge in [0, 0.05) is 22.1 Å². The van der Waals surface area contributed by atoms with Crippen LogP contribution in [0.25, 0.3) is 22.1 Å². The molecule has 0 aliphatic heterocycles. The van der Waals surface area contributed by atoms with E-state index >= 15 is 0 Å². The molecular formula is C19H16BrN5O2. The monoisotopic (exact) mass is 425 g/mol. The van der Waals surface area contributed by atoms with Crippen LogP contribution in [0.4, 0.5) is 0 Å². The molecule has 0 saturated carbocycles. The Kier molecular flexibility index (Phi) is 4.49. The van der Waals surface area contributed by atoms with Crippen molar-refractivity contribution in [1.82, 2.24) is 25.3 Å². The normalized spacial score (nSPS) is 11.1. The van der Waals surface area contributed by atoms with Crippen molar-refractivity contribution in [3.05, 3.63) is 58.1 Å². The van der Waals surface area contributed by atoms with Gasteiger partial charge in [-0.2, -0.15) is 0 Å². The highest BCUT2D eigenvalue weighted by Gasteiger charge is 2.13. The minimum absolute atomic E-state index is 0.202. The van der Waals surface area contributed by atoms with E-state index < -0.39 is 0 Å². The van der Waals surface area contributed by atoms with Crippen LogP contribution < -0.4 is 10.1 Å². The summed E-state index contributed by atoms with van der Waals surface area (Å²) in [7, 11) is 1.61. The highest BCUT2D eigenvalue weighted by Crippen LogP contribution is 2.22. The first-order chi connectivity index (χ1) is 13.0. The minimum Gasteiger partial charge on any atom is -0.497 e. The Morgan fingerprint density at radius 3 is 2.93 bits per heavy atom. The number of methoxy groups -OCH3 is 1. The molecule has 7 nitrogen and oxygen atoms in total. The van der Waals surface area contributed by atoms with E-state index in [-0.39, 0.29) is 12.5 Å². The summed E-state index contributed by atoms with van der Waals surface area (Å²) in [5, 5.41) is 3.76. The zero-order valence-corrected chi connectivity index (χ0v) is 16.3. The van der Waals surface area contributed by atoms with E-state index in [9.17, 15) is 4.79 Å². The number of H-pyrrole nitrogens is 1. The lowest BCUT2D eigenvalue weighted by Gasteiger charge is -2.09. The molecule has 0 spiro atoms. The van der Waals surface area contributed by atoms with Gasteiger partial charge >= 0.3 is 0 Å². The van der Waals surface area contributed by atoms with E-state index in [2.05, 4.69) is 41.2 Å².